The number of hydrazone groups is 1. The van der Waals surface area contributed by atoms with Gasteiger partial charge in [-0.25, -0.2) is 0 Å². The van der Waals surface area contributed by atoms with Gasteiger partial charge in [0.25, 0.3) is 0 Å². The van der Waals surface area contributed by atoms with Gasteiger partial charge in [0.05, 0.1) is 11.9 Å². The second-order valence-corrected chi connectivity index (χ2v) is 4.48. The van der Waals surface area contributed by atoms with Crippen molar-refractivity contribution in [3.63, 3.8) is 0 Å². The Morgan fingerprint density at radius 3 is 2.53 bits per heavy atom. The molecule has 0 unspecified atom stereocenters. The molecule has 1 N–H and O–H groups in total. The van der Waals surface area contributed by atoms with Gasteiger partial charge in [-0.3, -0.25) is 5.43 Å². The zero-order chi connectivity index (χ0) is 13.8. The number of aryl methyl sites for hydroxylation is 1. The van der Waals surface area contributed by atoms with Crippen molar-refractivity contribution in [3.8, 4) is 6.07 Å². The summed E-state index contributed by atoms with van der Waals surface area (Å²) in [5.74, 6) is 0. The van der Waals surface area contributed by atoms with E-state index >= 15 is 0 Å². The number of nitrogens with zero attached hydrogens (tertiary/aromatic N) is 3. The molecule has 4 nitrogen and oxygen atoms in total. The largest absolute Gasteiger partial charge is 0.339 e. The Kier molecular flexibility index (Phi) is 3.67. The third-order valence-corrected chi connectivity index (χ3v) is 3.14. The van der Waals surface area contributed by atoms with Crippen molar-refractivity contribution < 1.29 is 0 Å². The van der Waals surface area contributed by atoms with Gasteiger partial charge < -0.3 is 4.57 Å². The van der Waals surface area contributed by atoms with E-state index in [1.54, 1.807) is 6.21 Å². The summed E-state index contributed by atoms with van der Waals surface area (Å²) in [6, 6.07) is 12.0. The van der Waals surface area contributed by atoms with Crippen molar-refractivity contribution in [2.75, 3.05) is 5.43 Å². The Labute approximate surface area is 113 Å². The summed E-state index contributed by atoms with van der Waals surface area (Å²) in [7, 11) is 1.87. The van der Waals surface area contributed by atoms with Crippen LogP contribution in [0.3, 0.4) is 0 Å². The molecule has 19 heavy (non-hydrogen) atoms. The summed E-state index contributed by atoms with van der Waals surface area (Å²) in [5, 5.41) is 13.1. The molecule has 0 saturated heterocycles. The van der Waals surface area contributed by atoms with E-state index in [2.05, 4.69) is 16.6 Å². The lowest BCUT2D eigenvalue weighted by Crippen LogP contribution is -1.95. The number of benzene rings is 1. The maximum Gasteiger partial charge on any atom is 0.120 e. The first-order chi connectivity index (χ1) is 9.11. The standard InChI is InChI=1S/C15H16N4/c1-11-4-6-14(7-5-11)18-17-10-13-8-15(9-16)19(3)12(13)2/h4-8,10,18H,1-3H3/b17-10-. The summed E-state index contributed by atoms with van der Waals surface area (Å²) >= 11 is 0. The van der Waals surface area contributed by atoms with Gasteiger partial charge in [0.2, 0.25) is 0 Å². The van der Waals surface area contributed by atoms with Crippen molar-refractivity contribution >= 4 is 11.9 Å². The van der Waals surface area contributed by atoms with Crippen LogP contribution in [0.15, 0.2) is 35.4 Å². The molecule has 1 aromatic carbocycles. The van der Waals surface area contributed by atoms with Crippen molar-refractivity contribution in [1.82, 2.24) is 4.57 Å². The van der Waals surface area contributed by atoms with Crippen LogP contribution in [0.2, 0.25) is 0 Å². The predicted octanol–water partition coefficient (Wildman–Crippen LogP) is 2.96. The second-order valence-electron chi connectivity index (χ2n) is 4.48. The summed E-state index contributed by atoms with van der Waals surface area (Å²) in [6.45, 7) is 4.01. The van der Waals surface area contributed by atoms with Gasteiger partial charge >= 0.3 is 0 Å². The fraction of sp³-hybridized carbons (Fsp3) is 0.200. The van der Waals surface area contributed by atoms with Crippen LogP contribution in [0.5, 0.6) is 0 Å². The molecule has 96 valence electrons. The average molecular weight is 252 g/mol. The minimum absolute atomic E-state index is 0.634. The SMILES string of the molecule is Cc1ccc(N/N=C\c2cc(C#N)n(C)c2C)cc1. The first-order valence-corrected chi connectivity index (χ1v) is 6.04. The highest BCUT2D eigenvalue weighted by Gasteiger charge is 2.05. The lowest BCUT2D eigenvalue weighted by Gasteiger charge is -2.00. The average Bonchev–Trinajstić information content (AvgIpc) is 2.69. The molecular formula is C15H16N4. The summed E-state index contributed by atoms with van der Waals surface area (Å²) in [5.41, 5.74) is 7.72. The maximum absolute atomic E-state index is 8.95. The molecule has 0 atom stereocenters. The van der Waals surface area contributed by atoms with Gasteiger partial charge in [-0.1, -0.05) is 17.7 Å². The topological polar surface area (TPSA) is 53.1 Å². The van der Waals surface area contributed by atoms with Gasteiger partial charge in [0.1, 0.15) is 11.8 Å². The van der Waals surface area contributed by atoms with Crippen LogP contribution in [0.1, 0.15) is 22.5 Å². The molecule has 0 fully saturated rings. The van der Waals surface area contributed by atoms with E-state index in [1.807, 2.05) is 55.8 Å². The smallest absolute Gasteiger partial charge is 0.120 e. The van der Waals surface area contributed by atoms with Gasteiger partial charge in [-0.05, 0) is 32.0 Å². The third kappa shape index (κ3) is 2.83. The first-order valence-electron chi connectivity index (χ1n) is 6.04. The Morgan fingerprint density at radius 1 is 1.26 bits per heavy atom. The number of nitriles is 1. The van der Waals surface area contributed by atoms with Crippen LogP contribution < -0.4 is 5.43 Å². The molecule has 1 aromatic heterocycles. The third-order valence-electron chi connectivity index (χ3n) is 3.14. The van der Waals surface area contributed by atoms with E-state index < -0.39 is 0 Å². The molecule has 2 aromatic rings. The van der Waals surface area contributed by atoms with E-state index in [9.17, 15) is 0 Å². The number of nitrogens with one attached hydrogen (secondary N) is 1. The van der Waals surface area contributed by atoms with E-state index in [-0.39, 0.29) is 0 Å². The summed E-state index contributed by atoms with van der Waals surface area (Å²) in [6.07, 6.45) is 1.73. The molecular weight excluding hydrogens is 236 g/mol. The number of anilines is 1. The monoisotopic (exact) mass is 252 g/mol. The Hall–Kier alpha value is -2.54. The highest BCUT2D eigenvalue weighted by atomic mass is 15.3. The first kappa shape index (κ1) is 12.9. The molecule has 0 saturated carbocycles. The van der Waals surface area contributed by atoms with Crippen LogP contribution in [0.25, 0.3) is 0 Å². The summed E-state index contributed by atoms with van der Waals surface area (Å²) in [4.78, 5) is 0. The van der Waals surface area contributed by atoms with Crippen LogP contribution >= 0.6 is 0 Å². The highest BCUT2D eigenvalue weighted by Crippen LogP contribution is 2.12. The van der Waals surface area contributed by atoms with E-state index in [4.69, 9.17) is 5.26 Å². The van der Waals surface area contributed by atoms with E-state index in [0.717, 1.165) is 16.9 Å². The van der Waals surface area contributed by atoms with Crippen molar-refractivity contribution in [1.29, 1.82) is 5.26 Å². The number of aromatic nitrogens is 1. The van der Waals surface area contributed by atoms with Crippen LogP contribution in [-0.4, -0.2) is 10.8 Å². The van der Waals surface area contributed by atoms with Gasteiger partial charge in [0.15, 0.2) is 0 Å². The fourth-order valence-corrected chi connectivity index (χ4v) is 1.77. The zero-order valence-corrected chi connectivity index (χ0v) is 11.3. The van der Waals surface area contributed by atoms with Crippen LogP contribution in [0.4, 0.5) is 5.69 Å². The number of hydrogen-bond donors (Lipinski definition) is 1. The van der Waals surface area contributed by atoms with E-state index in [0.29, 0.717) is 5.69 Å². The van der Waals surface area contributed by atoms with E-state index in [1.165, 1.54) is 5.56 Å². The molecule has 0 spiro atoms. The molecule has 0 aliphatic heterocycles. The minimum atomic E-state index is 0.634. The number of hydrogen-bond acceptors (Lipinski definition) is 3. The molecule has 0 aliphatic carbocycles. The predicted molar refractivity (Wildman–Crippen MR) is 77.3 cm³/mol. The second kappa shape index (κ2) is 5.40. The Morgan fingerprint density at radius 2 is 1.95 bits per heavy atom. The molecule has 1 heterocycles. The van der Waals surface area contributed by atoms with Crippen LogP contribution in [-0.2, 0) is 7.05 Å². The molecule has 2 rings (SSSR count). The summed E-state index contributed by atoms with van der Waals surface area (Å²) < 4.78 is 1.85. The van der Waals surface area contributed by atoms with Crippen molar-refractivity contribution in [2.24, 2.45) is 12.1 Å². The van der Waals surface area contributed by atoms with Gasteiger partial charge in [-0.2, -0.15) is 10.4 Å². The lowest BCUT2D eigenvalue weighted by molar-refractivity contribution is 0.865. The molecule has 0 bridgehead atoms. The molecule has 0 aliphatic rings. The number of rotatable bonds is 3. The van der Waals surface area contributed by atoms with Crippen molar-refractivity contribution in [3.05, 3.63) is 52.8 Å². The quantitative estimate of drug-likeness (QED) is 0.674. The normalized spacial score (nSPS) is 10.6. The molecule has 0 amide bonds. The fourth-order valence-electron chi connectivity index (χ4n) is 1.77. The maximum atomic E-state index is 8.95. The highest BCUT2D eigenvalue weighted by molar-refractivity contribution is 5.82. The lowest BCUT2D eigenvalue weighted by atomic mass is 10.2. The van der Waals surface area contributed by atoms with Crippen LogP contribution in [0, 0.1) is 25.2 Å². The van der Waals surface area contributed by atoms with Crippen molar-refractivity contribution in [2.45, 2.75) is 13.8 Å². The van der Waals surface area contributed by atoms with Gasteiger partial charge in [0, 0.05) is 18.3 Å². The Bertz CT molecular complexity index is 642. The molecule has 0 radical (unpaired) electrons. The van der Waals surface area contributed by atoms with Gasteiger partial charge in [-0.15, -0.1) is 0 Å². The zero-order valence-electron chi connectivity index (χ0n) is 11.3. The minimum Gasteiger partial charge on any atom is -0.339 e. The Balaban J connectivity index is 2.11. The molecule has 4 heteroatoms.